The van der Waals surface area contributed by atoms with Crippen molar-refractivity contribution in [3.63, 3.8) is 0 Å². The lowest BCUT2D eigenvalue weighted by Gasteiger charge is -2.24. The summed E-state index contributed by atoms with van der Waals surface area (Å²) in [4.78, 5) is 15.5. The smallest absolute Gasteiger partial charge is 0.224 e. The maximum Gasteiger partial charge on any atom is 0.224 e. The van der Waals surface area contributed by atoms with E-state index in [-0.39, 0.29) is 12.3 Å². The zero-order chi connectivity index (χ0) is 19.9. The number of benzene rings is 1. The Morgan fingerprint density at radius 1 is 1.14 bits per heavy atom. The Morgan fingerprint density at radius 3 is 2.36 bits per heavy atom. The Labute approximate surface area is 170 Å². The first-order chi connectivity index (χ1) is 13.7. The molecule has 3 rings (SSSR count). The minimum Gasteiger partial charge on any atom is -0.493 e. The molecular formula is C21H29N2O4S+. The van der Waals surface area contributed by atoms with Crippen LogP contribution in [-0.4, -0.2) is 46.9 Å². The Hall–Kier alpha value is -2.25. The van der Waals surface area contributed by atoms with Crippen molar-refractivity contribution in [2.45, 2.75) is 25.3 Å². The van der Waals surface area contributed by atoms with Crippen LogP contribution in [0.3, 0.4) is 0 Å². The number of likely N-dealkylation sites (tertiary alicyclic amines) is 1. The van der Waals surface area contributed by atoms with Gasteiger partial charge in [-0.2, -0.15) is 0 Å². The molecule has 1 atom stereocenters. The molecule has 1 amide bonds. The van der Waals surface area contributed by atoms with Crippen molar-refractivity contribution in [3.8, 4) is 17.2 Å². The highest BCUT2D eigenvalue weighted by Crippen LogP contribution is 2.38. The summed E-state index contributed by atoms with van der Waals surface area (Å²) in [6.45, 7) is 3.00. The van der Waals surface area contributed by atoms with E-state index < -0.39 is 0 Å². The Morgan fingerprint density at radius 2 is 1.82 bits per heavy atom. The highest BCUT2D eigenvalue weighted by Gasteiger charge is 2.28. The van der Waals surface area contributed by atoms with Crippen LogP contribution in [0.25, 0.3) is 0 Å². The molecule has 0 spiro atoms. The first kappa shape index (κ1) is 20.5. The van der Waals surface area contributed by atoms with Crippen molar-refractivity contribution in [1.82, 2.24) is 5.32 Å². The zero-order valence-electron chi connectivity index (χ0n) is 16.7. The fraction of sp³-hybridized carbons (Fsp3) is 0.476. The van der Waals surface area contributed by atoms with Crippen molar-refractivity contribution >= 4 is 17.2 Å². The summed E-state index contributed by atoms with van der Waals surface area (Å²) in [7, 11) is 4.72. The number of ether oxygens (including phenoxy) is 3. The van der Waals surface area contributed by atoms with Gasteiger partial charge in [-0.1, -0.05) is 6.07 Å². The fourth-order valence-electron chi connectivity index (χ4n) is 3.81. The number of nitrogens with one attached hydrogen (secondary N) is 2. The molecular weight excluding hydrogens is 376 g/mol. The number of amides is 1. The van der Waals surface area contributed by atoms with Crippen molar-refractivity contribution in [2.75, 3.05) is 41.0 Å². The summed E-state index contributed by atoms with van der Waals surface area (Å²) in [6.07, 6.45) is 2.79. The van der Waals surface area contributed by atoms with E-state index >= 15 is 0 Å². The molecule has 1 aromatic carbocycles. The van der Waals surface area contributed by atoms with Crippen molar-refractivity contribution in [2.24, 2.45) is 0 Å². The van der Waals surface area contributed by atoms with Crippen LogP contribution in [0.15, 0.2) is 29.6 Å². The van der Waals surface area contributed by atoms with E-state index in [1.54, 1.807) is 37.6 Å². The van der Waals surface area contributed by atoms with Gasteiger partial charge in [-0.15, -0.1) is 11.3 Å². The molecule has 1 aromatic heterocycles. The van der Waals surface area contributed by atoms with Gasteiger partial charge in [0.1, 0.15) is 6.04 Å². The predicted octanol–water partition coefficient (Wildman–Crippen LogP) is 1.85. The zero-order valence-corrected chi connectivity index (χ0v) is 17.6. The van der Waals surface area contributed by atoms with E-state index in [0.29, 0.717) is 29.8 Å². The first-order valence-electron chi connectivity index (χ1n) is 9.59. The maximum atomic E-state index is 12.6. The summed E-state index contributed by atoms with van der Waals surface area (Å²) < 4.78 is 16.1. The number of methoxy groups -OCH3 is 3. The van der Waals surface area contributed by atoms with E-state index in [9.17, 15) is 4.79 Å². The molecule has 0 radical (unpaired) electrons. The number of rotatable bonds is 9. The van der Waals surface area contributed by atoms with Crippen LogP contribution < -0.4 is 24.4 Å². The van der Waals surface area contributed by atoms with Gasteiger partial charge in [0, 0.05) is 12.8 Å². The lowest BCUT2D eigenvalue weighted by molar-refractivity contribution is -0.918. The minimum absolute atomic E-state index is 0.00516. The third kappa shape index (κ3) is 4.77. The molecule has 1 fully saturated rings. The number of hydrogen-bond donors (Lipinski definition) is 2. The fourth-order valence-corrected chi connectivity index (χ4v) is 4.70. The Kier molecular flexibility index (Phi) is 7.17. The molecule has 0 unspecified atom stereocenters. The molecule has 152 valence electrons. The van der Waals surface area contributed by atoms with Crippen LogP contribution in [0.4, 0.5) is 0 Å². The average molecular weight is 406 g/mol. The van der Waals surface area contributed by atoms with Crippen LogP contribution in [0.2, 0.25) is 0 Å². The molecule has 1 aliphatic heterocycles. The molecule has 6 nitrogen and oxygen atoms in total. The van der Waals surface area contributed by atoms with Crippen molar-refractivity contribution < 1.29 is 23.9 Å². The van der Waals surface area contributed by atoms with Gasteiger partial charge < -0.3 is 24.4 Å². The third-order valence-electron chi connectivity index (χ3n) is 5.22. The predicted molar refractivity (Wildman–Crippen MR) is 110 cm³/mol. The van der Waals surface area contributed by atoms with E-state index in [0.717, 1.165) is 5.56 Å². The molecule has 0 bridgehead atoms. The molecule has 0 saturated carbocycles. The van der Waals surface area contributed by atoms with Crippen LogP contribution >= 0.6 is 11.3 Å². The Bertz CT molecular complexity index is 748. The summed E-state index contributed by atoms with van der Waals surface area (Å²) in [5.41, 5.74) is 0.827. The largest absolute Gasteiger partial charge is 0.493 e. The second-order valence-corrected chi connectivity index (χ2v) is 7.93. The van der Waals surface area contributed by atoms with Gasteiger partial charge in [-0.3, -0.25) is 4.79 Å². The second-order valence-electron chi connectivity index (χ2n) is 6.95. The molecule has 1 aliphatic rings. The van der Waals surface area contributed by atoms with E-state index in [2.05, 4.69) is 22.8 Å². The van der Waals surface area contributed by atoms with Crippen LogP contribution in [0, 0.1) is 0 Å². The summed E-state index contributed by atoms with van der Waals surface area (Å²) in [5.74, 6) is 1.64. The average Bonchev–Trinajstić information content (AvgIpc) is 3.42. The topological polar surface area (TPSA) is 61.2 Å². The van der Waals surface area contributed by atoms with Gasteiger partial charge in [0.05, 0.1) is 52.3 Å². The molecule has 7 heteroatoms. The number of carbonyl (C=O) groups is 1. The van der Waals surface area contributed by atoms with Gasteiger partial charge in [0.15, 0.2) is 11.5 Å². The third-order valence-corrected chi connectivity index (χ3v) is 6.20. The normalized spacial score (nSPS) is 15.2. The van der Waals surface area contributed by atoms with E-state index in [1.807, 2.05) is 12.1 Å². The van der Waals surface area contributed by atoms with E-state index in [1.165, 1.54) is 30.8 Å². The SMILES string of the molecule is COc1cc(CC(=O)NC[C@H](c2cccs2)[NH+]2CCCC2)cc(OC)c1OC. The quantitative estimate of drug-likeness (QED) is 0.669. The highest BCUT2D eigenvalue weighted by molar-refractivity contribution is 7.10. The number of carbonyl (C=O) groups excluding carboxylic acids is 1. The number of hydrogen-bond acceptors (Lipinski definition) is 5. The summed E-state index contributed by atoms with van der Waals surface area (Å²) in [6, 6.07) is 8.23. The van der Waals surface area contributed by atoms with Crippen LogP contribution in [0.1, 0.15) is 29.3 Å². The lowest BCUT2D eigenvalue weighted by atomic mass is 10.1. The van der Waals surface area contributed by atoms with E-state index in [4.69, 9.17) is 14.2 Å². The Balaban J connectivity index is 1.66. The van der Waals surface area contributed by atoms with Crippen LogP contribution in [-0.2, 0) is 11.2 Å². The summed E-state index contributed by atoms with van der Waals surface area (Å²) >= 11 is 1.77. The van der Waals surface area contributed by atoms with Crippen molar-refractivity contribution in [1.29, 1.82) is 0 Å². The van der Waals surface area contributed by atoms with Crippen molar-refractivity contribution in [3.05, 3.63) is 40.1 Å². The maximum absolute atomic E-state index is 12.6. The molecule has 2 aromatic rings. The standard InChI is InChI=1S/C21H28N2O4S/c1-25-17-11-15(12-18(26-2)21(17)27-3)13-20(24)22-14-16(19-7-6-10-28-19)23-8-4-5-9-23/h6-7,10-12,16H,4-5,8-9,13-14H2,1-3H3,(H,22,24)/p+1/t16-/m1/s1. The van der Waals surface area contributed by atoms with Gasteiger partial charge in [-0.25, -0.2) is 0 Å². The molecule has 2 N–H and O–H groups in total. The number of thiophene rings is 1. The van der Waals surface area contributed by atoms with Crippen LogP contribution in [0.5, 0.6) is 17.2 Å². The van der Waals surface area contributed by atoms with Gasteiger partial charge in [-0.05, 0) is 29.1 Å². The molecule has 0 aliphatic carbocycles. The van der Waals surface area contributed by atoms with Gasteiger partial charge >= 0.3 is 0 Å². The number of quaternary nitrogens is 1. The molecule has 2 heterocycles. The first-order valence-corrected chi connectivity index (χ1v) is 10.5. The van der Waals surface area contributed by atoms with Gasteiger partial charge in [0.2, 0.25) is 11.7 Å². The highest BCUT2D eigenvalue weighted by atomic mass is 32.1. The second kappa shape index (κ2) is 9.80. The molecule has 28 heavy (non-hydrogen) atoms. The minimum atomic E-state index is -0.00516. The lowest BCUT2D eigenvalue weighted by Crippen LogP contribution is -3.11. The summed E-state index contributed by atoms with van der Waals surface area (Å²) in [5, 5.41) is 5.24. The monoisotopic (exact) mass is 405 g/mol. The molecule has 1 saturated heterocycles. The van der Waals surface area contributed by atoms with Gasteiger partial charge in [0.25, 0.3) is 0 Å².